The maximum Gasteiger partial charge on any atom is 0.331 e. The molecule has 0 spiro atoms. The second kappa shape index (κ2) is 4.12. The summed E-state index contributed by atoms with van der Waals surface area (Å²) in [7, 11) is -2.02. The Morgan fingerprint density at radius 1 is 1.55 bits per heavy atom. The lowest BCUT2D eigenvalue weighted by Gasteiger charge is -1.90. The molecule has 0 aliphatic heterocycles. The van der Waals surface area contributed by atoms with Gasteiger partial charge in [0.15, 0.2) is 9.84 Å². The van der Waals surface area contributed by atoms with Crippen molar-refractivity contribution in [2.24, 2.45) is 0 Å². The Morgan fingerprint density at radius 3 is 2.45 bits per heavy atom. The third-order valence-electron chi connectivity index (χ3n) is 1.02. The summed E-state index contributed by atoms with van der Waals surface area (Å²) in [6, 6.07) is 0. The van der Waals surface area contributed by atoms with Crippen LogP contribution in [-0.4, -0.2) is 27.2 Å². The van der Waals surface area contributed by atoms with Crippen molar-refractivity contribution in [2.75, 3.05) is 12.9 Å². The molecule has 0 fully saturated rings. The van der Waals surface area contributed by atoms with E-state index in [-0.39, 0.29) is 5.75 Å². The molecule has 64 valence electrons. The summed E-state index contributed by atoms with van der Waals surface area (Å²) >= 11 is 0. The summed E-state index contributed by atoms with van der Waals surface area (Å²) in [5.74, 6) is -0.678. The SMILES string of the molecule is CCS(=O)(=O)/C=C/C(=O)OC. The Morgan fingerprint density at radius 2 is 2.09 bits per heavy atom. The molecular formula is C6H10O4S. The molecule has 0 aromatic rings. The molecule has 0 aliphatic carbocycles. The number of hydrogen-bond acceptors (Lipinski definition) is 4. The molecule has 0 aromatic heterocycles. The van der Waals surface area contributed by atoms with Crippen molar-refractivity contribution in [2.45, 2.75) is 6.92 Å². The Labute approximate surface area is 65.8 Å². The maximum atomic E-state index is 10.7. The molecule has 0 saturated carbocycles. The fourth-order valence-corrected chi connectivity index (χ4v) is 0.834. The second-order valence-corrected chi connectivity index (χ2v) is 3.95. The Balaban J connectivity index is 4.26. The summed E-state index contributed by atoms with van der Waals surface area (Å²) in [5, 5.41) is 0.846. The molecule has 0 aliphatic rings. The molecule has 5 heteroatoms. The number of ether oxygens (including phenoxy) is 1. The predicted octanol–water partition coefficient (Wildman–Crippen LogP) is 0.108. The van der Waals surface area contributed by atoms with Gasteiger partial charge in [-0.15, -0.1) is 0 Å². The fraction of sp³-hybridized carbons (Fsp3) is 0.500. The number of esters is 1. The van der Waals surface area contributed by atoms with Gasteiger partial charge < -0.3 is 4.74 Å². The van der Waals surface area contributed by atoms with E-state index in [1.165, 1.54) is 14.0 Å². The van der Waals surface area contributed by atoms with Gasteiger partial charge in [-0.3, -0.25) is 0 Å². The maximum absolute atomic E-state index is 10.7. The van der Waals surface area contributed by atoms with Crippen LogP contribution in [0.25, 0.3) is 0 Å². The van der Waals surface area contributed by atoms with Crippen LogP contribution in [-0.2, 0) is 19.4 Å². The van der Waals surface area contributed by atoms with Crippen molar-refractivity contribution in [3.05, 3.63) is 11.5 Å². The van der Waals surface area contributed by atoms with Crippen LogP contribution in [0.4, 0.5) is 0 Å². The van der Waals surface area contributed by atoms with Gasteiger partial charge in [-0.25, -0.2) is 13.2 Å². The van der Waals surface area contributed by atoms with Gasteiger partial charge in [0, 0.05) is 11.5 Å². The lowest BCUT2D eigenvalue weighted by atomic mass is 10.7. The van der Waals surface area contributed by atoms with Crippen LogP contribution in [0.1, 0.15) is 6.92 Å². The summed E-state index contributed by atoms with van der Waals surface area (Å²) in [6.45, 7) is 1.50. The van der Waals surface area contributed by atoms with Gasteiger partial charge >= 0.3 is 5.97 Å². The highest BCUT2D eigenvalue weighted by atomic mass is 32.2. The van der Waals surface area contributed by atoms with E-state index in [1.54, 1.807) is 0 Å². The topological polar surface area (TPSA) is 60.4 Å². The van der Waals surface area contributed by atoms with Gasteiger partial charge in [0.05, 0.1) is 12.9 Å². The number of sulfone groups is 1. The van der Waals surface area contributed by atoms with Crippen LogP contribution in [0, 0.1) is 0 Å². The molecule has 0 N–H and O–H groups in total. The molecule has 0 bridgehead atoms. The average Bonchev–Trinajstić information content (AvgIpc) is 2.00. The molecule has 0 heterocycles. The molecule has 0 unspecified atom stereocenters. The minimum atomic E-state index is -3.21. The van der Waals surface area contributed by atoms with Gasteiger partial charge in [0.1, 0.15) is 0 Å². The lowest BCUT2D eigenvalue weighted by molar-refractivity contribution is -0.134. The van der Waals surface area contributed by atoms with Crippen LogP contribution in [0.5, 0.6) is 0 Å². The van der Waals surface area contributed by atoms with Gasteiger partial charge in [-0.2, -0.15) is 0 Å². The predicted molar refractivity (Wildman–Crippen MR) is 40.6 cm³/mol. The van der Waals surface area contributed by atoms with E-state index in [4.69, 9.17) is 0 Å². The van der Waals surface area contributed by atoms with E-state index in [0.717, 1.165) is 11.5 Å². The minimum Gasteiger partial charge on any atom is -0.466 e. The zero-order chi connectivity index (χ0) is 8.91. The molecule has 0 saturated heterocycles. The minimum absolute atomic E-state index is 0.0134. The first-order valence-electron chi connectivity index (χ1n) is 3.00. The van der Waals surface area contributed by atoms with Gasteiger partial charge in [0.25, 0.3) is 0 Å². The van der Waals surface area contributed by atoms with E-state index in [9.17, 15) is 13.2 Å². The largest absolute Gasteiger partial charge is 0.466 e. The number of carbonyl (C=O) groups excluding carboxylic acids is 1. The summed E-state index contributed by atoms with van der Waals surface area (Å²) in [4.78, 5) is 10.4. The van der Waals surface area contributed by atoms with Crippen molar-refractivity contribution in [3.63, 3.8) is 0 Å². The number of methoxy groups -OCH3 is 1. The fourth-order valence-electron chi connectivity index (χ4n) is 0.323. The molecular weight excluding hydrogens is 168 g/mol. The summed E-state index contributed by atoms with van der Waals surface area (Å²) in [6.07, 6.45) is 0.888. The van der Waals surface area contributed by atoms with Crippen molar-refractivity contribution < 1.29 is 17.9 Å². The average molecular weight is 178 g/mol. The van der Waals surface area contributed by atoms with Crippen LogP contribution in [0.3, 0.4) is 0 Å². The third kappa shape index (κ3) is 4.55. The van der Waals surface area contributed by atoms with Crippen LogP contribution >= 0.6 is 0 Å². The molecule has 0 atom stereocenters. The first-order chi connectivity index (χ1) is 5.02. The zero-order valence-corrected chi connectivity index (χ0v) is 7.22. The van der Waals surface area contributed by atoms with Crippen LogP contribution < -0.4 is 0 Å². The third-order valence-corrected chi connectivity index (χ3v) is 2.37. The lowest BCUT2D eigenvalue weighted by Crippen LogP contribution is -2.00. The van der Waals surface area contributed by atoms with Crippen molar-refractivity contribution in [3.8, 4) is 0 Å². The monoisotopic (exact) mass is 178 g/mol. The molecule has 0 amide bonds. The van der Waals surface area contributed by atoms with Crippen molar-refractivity contribution in [1.29, 1.82) is 0 Å². The first-order valence-corrected chi connectivity index (χ1v) is 4.72. The molecule has 0 aromatic carbocycles. The highest BCUT2D eigenvalue weighted by Gasteiger charge is 2.01. The summed E-state index contributed by atoms with van der Waals surface area (Å²) < 4.78 is 25.7. The Hall–Kier alpha value is -0.840. The first kappa shape index (κ1) is 10.2. The quantitative estimate of drug-likeness (QED) is 0.454. The van der Waals surface area contributed by atoms with Gasteiger partial charge in [-0.05, 0) is 0 Å². The standard InChI is InChI=1S/C6H10O4S/c1-3-11(8,9)5-4-6(7)10-2/h4-5H,3H2,1-2H3/b5-4+. The molecule has 0 radical (unpaired) electrons. The zero-order valence-electron chi connectivity index (χ0n) is 6.40. The number of rotatable bonds is 3. The normalized spacial score (nSPS) is 11.8. The van der Waals surface area contributed by atoms with Crippen molar-refractivity contribution >= 4 is 15.8 Å². The molecule has 11 heavy (non-hydrogen) atoms. The van der Waals surface area contributed by atoms with E-state index < -0.39 is 15.8 Å². The smallest absolute Gasteiger partial charge is 0.331 e. The molecule has 0 rings (SSSR count). The van der Waals surface area contributed by atoms with Crippen LogP contribution in [0.15, 0.2) is 11.5 Å². The number of carbonyl (C=O) groups is 1. The van der Waals surface area contributed by atoms with E-state index in [1.807, 2.05) is 0 Å². The van der Waals surface area contributed by atoms with Gasteiger partial charge in [-0.1, -0.05) is 6.92 Å². The van der Waals surface area contributed by atoms with Crippen molar-refractivity contribution in [1.82, 2.24) is 0 Å². The Bertz CT molecular complexity index is 250. The van der Waals surface area contributed by atoms with E-state index >= 15 is 0 Å². The number of hydrogen-bond donors (Lipinski definition) is 0. The van der Waals surface area contributed by atoms with Gasteiger partial charge in [0.2, 0.25) is 0 Å². The van der Waals surface area contributed by atoms with Crippen LogP contribution in [0.2, 0.25) is 0 Å². The highest BCUT2D eigenvalue weighted by molar-refractivity contribution is 7.94. The van der Waals surface area contributed by atoms with E-state index in [2.05, 4.69) is 4.74 Å². The van der Waals surface area contributed by atoms with E-state index in [0.29, 0.717) is 0 Å². The Kier molecular flexibility index (Phi) is 3.81. The summed E-state index contributed by atoms with van der Waals surface area (Å²) in [5.41, 5.74) is 0. The molecule has 4 nitrogen and oxygen atoms in total. The highest BCUT2D eigenvalue weighted by Crippen LogP contribution is 1.91. The second-order valence-electron chi connectivity index (χ2n) is 1.78.